The Morgan fingerprint density at radius 1 is 1.04 bits per heavy atom. The van der Waals surface area contributed by atoms with E-state index < -0.39 is 0 Å². The third kappa shape index (κ3) is 4.74. The highest BCUT2D eigenvalue weighted by Crippen LogP contribution is 2.37. The maximum absolute atomic E-state index is 6.40. The molecule has 0 bridgehead atoms. The maximum atomic E-state index is 6.40. The van der Waals surface area contributed by atoms with Gasteiger partial charge in [-0.05, 0) is 35.4 Å². The van der Waals surface area contributed by atoms with E-state index in [9.17, 15) is 0 Å². The third-order valence-electron chi connectivity index (χ3n) is 3.53. The summed E-state index contributed by atoms with van der Waals surface area (Å²) in [4.78, 5) is 4.19. The second kappa shape index (κ2) is 8.82. The van der Waals surface area contributed by atoms with E-state index in [1.54, 1.807) is 25.4 Å². The average molecular weight is 430 g/mol. The van der Waals surface area contributed by atoms with E-state index in [-0.39, 0.29) is 0 Å². The number of anilines is 1. The van der Waals surface area contributed by atoms with E-state index >= 15 is 0 Å². The second-order valence-corrected chi connectivity index (χ2v) is 7.45. The molecular weight excluding hydrogens is 415 g/mol. The number of nitrogens with zero attached hydrogens (tertiary/aromatic N) is 1. The predicted octanol–water partition coefficient (Wildman–Crippen LogP) is 6.30. The second-order valence-electron chi connectivity index (χ2n) is 5.34. The highest BCUT2D eigenvalue weighted by atomic mass is 35.5. The summed E-state index contributed by atoms with van der Waals surface area (Å²) in [6.45, 7) is 0.875. The number of nitrogens with one attached hydrogen (secondary N) is 1. The standard InChI is InChI=1S/C18H15Cl3N2O2S/c1-24-16-8-12(9-23-18-22-4-5-26-18)7-15(21)17(16)25-10-11-2-3-13(19)14(20)6-11/h2-8H,9-10H2,1H3,(H,22,23). The van der Waals surface area contributed by atoms with Gasteiger partial charge in [-0.25, -0.2) is 4.98 Å². The van der Waals surface area contributed by atoms with Crippen LogP contribution < -0.4 is 14.8 Å². The fraction of sp³-hybridized carbons (Fsp3) is 0.167. The SMILES string of the molecule is COc1cc(CNc2nccs2)cc(Cl)c1OCc1ccc(Cl)c(Cl)c1. The lowest BCUT2D eigenvalue weighted by Gasteiger charge is -2.15. The summed E-state index contributed by atoms with van der Waals surface area (Å²) in [7, 11) is 1.58. The zero-order valence-electron chi connectivity index (χ0n) is 13.8. The van der Waals surface area contributed by atoms with Crippen molar-refractivity contribution in [2.75, 3.05) is 12.4 Å². The lowest BCUT2D eigenvalue weighted by molar-refractivity contribution is 0.284. The van der Waals surface area contributed by atoms with E-state index in [1.165, 1.54) is 11.3 Å². The van der Waals surface area contributed by atoms with Crippen LogP contribution in [-0.4, -0.2) is 12.1 Å². The minimum Gasteiger partial charge on any atom is -0.493 e. The molecule has 1 heterocycles. The number of benzene rings is 2. The Morgan fingerprint density at radius 2 is 1.85 bits per heavy atom. The topological polar surface area (TPSA) is 43.4 Å². The highest BCUT2D eigenvalue weighted by Gasteiger charge is 2.13. The van der Waals surface area contributed by atoms with Gasteiger partial charge in [0.05, 0.1) is 22.2 Å². The first-order valence-electron chi connectivity index (χ1n) is 7.63. The Morgan fingerprint density at radius 3 is 2.54 bits per heavy atom. The number of methoxy groups -OCH3 is 1. The molecule has 0 radical (unpaired) electrons. The molecule has 1 aromatic heterocycles. The van der Waals surface area contributed by atoms with Crippen LogP contribution in [0.4, 0.5) is 5.13 Å². The largest absolute Gasteiger partial charge is 0.493 e. The van der Waals surface area contributed by atoms with E-state index in [4.69, 9.17) is 44.3 Å². The van der Waals surface area contributed by atoms with Crippen molar-refractivity contribution in [1.29, 1.82) is 0 Å². The fourth-order valence-corrected chi connectivity index (χ4v) is 3.43. The van der Waals surface area contributed by atoms with Crippen LogP contribution >= 0.6 is 46.1 Å². The molecule has 0 unspecified atom stereocenters. The summed E-state index contributed by atoms with van der Waals surface area (Å²) in [6.07, 6.45) is 1.75. The van der Waals surface area contributed by atoms with Gasteiger partial charge in [0.15, 0.2) is 16.6 Å². The summed E-state index contributed by atoms with van der Waals surface area (Å²) < 4.78 is 11.3. The molecule has 0 fully saturated rings. The van der Waals surface area contributed by atoms with Gasteiger partial charge in [0.25, 0.3) is 0 Å². The molecule has 3 rings (SSSR count). The van der Waals surface area contributed by atoms with Crippen LogP contribution in [0.15, 0.2) is 41.9 Å². The van der Waals surface area contributed by atoms with Gasteiger partial charge < -0.3 is 14.8 Å². The first kappa shape index (κ1) is 19.1. The Kier molecular flexibility index (Phi) is 6.48. The van der Waals surface area contributed by atoms with Gasteiger partial charge in [-0.15, -0.1) is 11.3 Å². The molecule has 8 heteroatoms. The number of hydrogen-bond acceptors (Lipinski definition) is 5. The van der Waals surface area contributed by atoms with Crippen molar-refractivity contribution in [3.8, 4) is 11.5 Å². The smallest absolute Gasteiger partial charge is 0.182 e. The van der Waals surface area contributed by atoms with Crippen LogP contribution in [0, 0.1) is 0 Å². The number of halogens is 3. The zero-order chi connectivity index (χ0) is 18.5. The zero-order valence-corrected chi connectivity index (χ0v) is 16.8. The Hall–Kier alpha value is -1.66. The maximum Gasteiger partial charge on any atom is 0.182 e. The van der Waals surface area contributed by atoms with Gasteiger partial charge >= 0.3 is 0 Å². The Balaban J connectivity index is 1.72. The summed E-state index contributed by atoms with van der Waals surface area (Å²) in [5, 5.41) is 7.45. The van der Waals surface area contributed by atoms with Crippen LogP contribution in [0.2, 0.25) is 15.1 Å². The number of hydrogen-bond donors (Lipinski definition) is 1. The van der Waals surface area contributed by atoms with Gasteiger partial charge in [0.1, 0.15) is 6.61 Å². The van der Waals surface area contributed by atoms with Crippen molar-refractivity contribution >= 4 is 51.3 Å². The molecule has 0 saturated heterocycles. The van der Waals surface area contributed by atoms with Gasteiger partial charge in [0.2, 0.25) is 0 Å². The molecule has 0 saturated carbocycles. The van der Waals surface area contributed by atoms with E-state index in [0.717, 1.165) is 16.3 Å². The van der Waals surface area contributed by atoms with Crippen LogP contribution in [0.1, 0.15) is 11.1 Å². The van der Waals surface area contributed by atoms with Crippen LogP contribution in [-0.2, 0) is 13.2 Å². The average Bonchev–Trinajstić information content (AvgIpc) is 3.15. The summed E-state index contributed by atoms with van der Waals surface area (Å²) in [5.41, 5.74) is 1.84. The molecule has 4 nitrogen and oxygen atoms in total. The third-order valence-corrected chi connectivity index (χ3v) is 5.28. The lowest BCUT2D eigenvalue weighted by atomic mass is 10.2. The molecule has 2 aromatic carbocycles. The molecule has 0 atom stereocenters. The van der Waals surface area contributed by atoms with Crippen LogP contribution in [0.5, 0.6) is 11.5 Å². The van der Waals surface area contributed by atoms with Crippen LogP contribution in [0.25, 0.3) is 0 Å². The number of rotatable bonds is 7. The van der Waals surface area contributed by atoms with Crippen molar-refractivity contribution in [1.82, 2.24) is 4.98 Å². The van der Waals surface area contributed by atoms with Crippen LogP contribution in [0.3, 0.4) is 0 Å². The Bertz CT molecular complexity index is 888. The van der Waals surface area contributed by atoms with E-state index in [1.807, 2.05) is 23.6 Å². The van der Waals surface area contributed by atoms with Crippen molar-refractivity contribution in [3.05, 3.63) is 68.1 Å². The van der Waals surface area contributed by atoms with Gasteiger partial charge in [0, 0.05) is 18.1 Å². The normalized spacial score (nSPS) is 10.6. The summed E-state index contributed by atoms with van der Waals surface area (Å²) in [5.74, 6) is 1.05. The minimum absolute atomic E-state index is 0.295. The monoisotopic (exact) mass is 428 g/mol. The Labute approximate surface area is 170 Å². The summed E-state index contributed by atoms with van der Waals surface area (Å²) in [6, 6.07) is 9.07. The van der Waals surface area contributed by atoms with Crippen molar-refractivity contribution in [2.24, 2.45) is 0 Å². The summed E-state index contributed by atoms with van der Waals surface area (Å²) >= 11 is 19.9. The molecule has 0 aliphatic rings. The quantitative estimate of drug-likeness (QED) is 0.478. The molecule has 1 N–H and O–H groups in total. The number of thiazole rings is 1. The van der Waals surface area contributed by atoms with E-state index in [0.29, 0.717) is 39.7 Å². The molecule has 0 aliphatic heterocycles. The molecule has 0 aliphatic carbocycles. The van der Waals surface area contributed by atoms with Crippen molar-refractivity contribution in [2.45, 2.75) is 13.2 Å². The van der Waals surface area contributed by atoms with Crippen molar-refractivity contribution in [3.63, 3.8) is 0 Å². The lowest BCUT2D eigenvalue weighted by Crippen LogP contribution is -2.02. The predicted molar refractivity (Wildman–Crippen MR) is 108 cm³/mol. The van der Waals surface area contributed by atoms with Gasteiger partial charge in [-0.2, -0.15) is 0 Å². The molecule has 0 amide bonds. The highest BCUT2D eigenvalue weighted by molar-refractivity contribution is 7.13. The van der Waals surface area contributed by atoms with Gasteiger partial charge in [-0.1, -0.05) is 40.9 Å². The molecule has 136 valence electrons. The minimum atomic E-state index is 0.295. The van der Waals surface area contributed by atoms with E-state index in [2.05, 4.69) is 10.3 Å². The number of ether oxygens (including phenoxy) is 2. The van der Waals surface area contributed by atoms with Gasteiger partial charge in [-0.3, -0.25) is 0 Å². The number of aromatic nitrogens is 1. The fourth-order valence-electron chi connectivity index (χ4n) is 2.29. The molecular formula is C18H15Cl3N2O2S. The van der Waals surface area contributed by atoms with Crippen molar-refractivity contribution < 1.29 is 9.47 Å². The first-order chi connectivity index (χ1) is 12.6. The molecule has 3 aromatic rings. The molecule has 26 heavy (non-hydrogen) atoms. The molecule has 0 spiro atoms. The first-order valence-corrected chi connectivity index (χ1v) is 9.64.